The largest absolute Gasteiger partial charge is 0.497 e. The number of nitrogens with one attached hydrogen (secondary N) is 1. The average Bonchev–Trinajstić information content (AvgIpc) is 3.59. The lowest BCUT2D eigenvalue weighted by atomic mass is 9.92. The zero-order valence-corrected chi connectivity index (χ0v) is 17.1. The summed E-state index contributed by atoms with van der Waals surface area (Å²) in [6.45, 7) is -0.0440. The number of benzene rings is 1. The first-order valence-corrected chi connectivity index (χ1v) is 10.5. The fourth-order valence-corrected chi connectivity index (χ4v) is 4.49. The molecule has 29 heavy (non-hydrogen) atoms. The third-order valence-corrected chi connectivity index (χ3v) is 6.27. The summed E-state index contributed by atoms with van der Waals surface area (Å²) in [4.78, 5) is 27.7. The SMILES string of the molecule is COc1ccc([C@@H]2[C@@H](C(=O)NC3CCC(OC)CC3)OCC(=O)N2C2CC2)cc1. The van der Waals surface area contributed by atoms with Crippen LogP contribution in [0.5, 0.6) is 5.75 Å². The van der Waals surface area contributed by atoms with Crippen molar-refractivity contribution in [3.05, 3.63) is 29.8 Å². The van der Waals surface area contributed by atoms with E-state index in [0.717, 1.165) is 49.8 Å². The van der Waals surface area contributed by atoms with E-state index >= 15 is 0 Å². The van der Waals surface area contributed by atoms with Gasteiger partial charge < -0.3 is 24.4 Å². The summed E-state index contributed by atoms with van der Waals surface area (Å²) in [6, 6.07) is 7.48. The van der Waals surface area contributed by atoms with Gasteiger partial charge in [0, 0.05) is 19.2 Å². The summed E-state index contributed by atoms with van der Waals surface area (Å²) in [5.74, 6) is 0.563. The van der Waals surface area contributed by atoms with Gasteiger partial charge in [0.25, 0.3) is 5.91 Å². The number of hydrogen-bond donors (Lipinski definition) is 1. The van der Waals surface area contributed by atoms with Crippen molar-refractivity contribution in [2.45, 2.75) is 68.9 Å². The predicted octanol–water partition coefficient (Wildman–Crippen LogP) is 2.20. The number of ether oxygens (including phenoxy) is 3. The van der Waals surface area contributed by atoms with Crippen LogP contribution in [0.15, 0.2) is 24.3 Å². The van der Waals surface area contributed by atoms with E-state index in [4.69, 9.17) is 14.2 Å². The minimum atomic E-state index is -0.707. The van der Waals surface area contributed by atoms with E-state index in [1.54, 1.807) is 14.2 Å². The van der Waals surface area contributed by atoms with Gasteiger partial charge in [0.2, 0.25) is 5.91 Å². The summed E-state index contributed by atoms with van der Waals surface area (Å²) in [5.41, 5.74) is 0.897. The van der Waals surface area contributed by atoms with Gasteiger partial charge in [0.05, 0.1) is 19.3 Å². The second-order valence-corrected chi connectivity index (χ2v) is 8.20. The highest BCUT2D eigenvalue weighted by molar-refractivity contribution is 5.87. The summed E-state index contributed by atoms with van der Waals surface area (Å²) in [6.07, 6.45) is 5.22. The van der Waals surface area contributed by atoms with E-state index in [2.05, 4.69) is 5.32 Å². The van der Waals surface area contributed by atoms with Crippen LogP contribution in [-0.4, -0.2) is 61.8 Å². The van der Waals surface area contributed by atoms with Gasteiger partial charge in [0.15, 0.2) is 6.10 Å². The maximum absolute atomic E-state index is 13.2. The molecule has 0 radical (unpaired) electrons. The Morgan fingerprint density at radius 3 is 2.34 bits per heavy atom. The molecule has 3 fully saturated rings. The van der Waals surface area contributed by atoms with E-state index in [0.29, 0.717) is 0 Å². The Bertz CT molecular complexity index is 725. The number of hydrogen-bond acceptors (Lipinski definition) is 5. The van der Waals surface area contributed by atoms with Crippen LogP contribution in [0.4, 0.5) is 0 Å². The molecule has 0 unspecified atom stereocenters. The lowest BCUT2D eigenvalue weighted by molar-refractivity contribution is -0.165. The molecule has 2 atom stereocenters. The molecule has 158 valence electrons. The van der Waals surface area contributed by atoms with Gasteiger partial charge in [-0.25, -0.2) is 0 Å². The van der Waals surface area contributed by atoms with Crippen LogP contribution in [0.3, 0.4) is 0 Å². The molecular weight excluding hydrogens is 372 g/mol. The van der Waals surface area contributed by atoms with Gasteiger partial charge in [-0.05, 0) is 56.2 Å². The Morgan fingerprint density at radius 2 is 1.76 bits per heavy atom. The molecule has 4 rings (SSSR count). The second kappa shape index (κ2) is 8.71. The number of rotatable bonds is 6. The van der Waals surface area contributed by atoms with Crippen molar-refractivity contribution in [1.29, 1.82) is 0 Å². The normalized spacial score (nSPS) is 30.1. The number of carbonyl (C=O) groups excluding carboxylic acids is 2. The molecule has 1 aromatic carbocycles. The number of methoxy groups -OCH3 is 2. The van der Waals surface area contributed by atoms with Crippen LogP contribution in [-0.2, 0) is 19.1 Å². The van der Waals surface area contributed by atoms with Crippen molar-refractivity contribution >= 4 is 11.8 Å². The number of amides is 2. The van der Waals surface area contributed by atoms with Crippen LogP contribution in [0.1, 0.15) is 50.1 Å². The Kier molecular flexibility index (Phi) is 6.06. The lowest BCUT2D eigenvalue weighted by Crippen LogP contribution is -2.56. The van der Waals surface area contributed by atoms with Crippen molar-refractivity contribution < 1.29 is 23.8 Å². The highest BCUT2D eigenvalue weighted by atomic mass is 16.5. The van der Waals surface area contributed by atoms with Gasteiger partial charge in [-0.2, -0.15) is 0 Å². The maximum atomic E-state index is 13.2. The second-order valence-electron chi connectivity index (χ2n) is 8.20. The zero-order valence-electron chi connectivity index (χ0n) is 17.1. The third kappa shape index (κ3) is 4.41. The van der Waals surface area contributed by atoms with Crippen molar-refractivity contribution in [2.75, 3.05) is 20.8 Å². The van der Waals surface area contributed by atoms with Crippen LogP contribution in [0.2, 0.25) is 0 Å². The summed E-state index contributed by atoms with van der Waals surface area (Å²) in [5, 5.41) is 3.17. The van der Waals surface area contributed by atoms with Crippen molar-refractivity contribution in [1.82, 2.24) is 10.2 Å². The summed E-state index contributed by atoms with van der Waals surface area (Å²) in [7, 11) is 3.36. The maximum Gasteiger partial charge on any atom is 0.251 e. The summed E-state index contributed by atoms with van der Waals surface area (Å²) < 4.78 is 16.5. The van der Waals surface area contributed by atoms with Crippen molar-refractivity contribution in [3.8, 4) is 5.75 Å². The van der Waals surface area contributed by atoms with Gasteiger partial charge in [-0.1, -0.05) is 12.1 Å². The molecule has 7 nitrogen and oxygen atoms in total. The molecule has 7 heteroatoms. The van der Waals surface area contributed by atoms with Gasteiger partial charge in [0.1, 0.15) is 12.4 Å². The minimum Gasteiger partial charge on any atom is -0.497 e. The van der Waals surface area contributed by atoms with E-state index in [1.807, 2.05) is 29.2 Å². The Morgan fingerprint density at radius 1 is 1.07 bits per heavy atom. The molecule has 0 spiro atoms. The molecule has 3 aliphatic rings. The number of morpholine rings is 1. The highest BCUT2D eigenvalue weighted by Crippen LogP contribution is 2.40. The van der Waals surface area contributed by atoms with Gasteiger partial charge in [-0.15, -0.1) is 0 Å². The van der Waals surface area contributed by atoms with E-state index < -0.39 is 12.1 Å². The molecular formula is C22H30N2O5. The van der Waals surface area contributed by atoms with Gasteiger partial charge >= 0.3 is 0 Å². The molecule has 2 amide bonds. The molecule has 1 saturated heterocycles. The quantitative estimate of drug-likeness (QED) is 0.789. The average molecular weight is 402 g/mol. The monoisotopic (exact) mass is 402 g/mol. The number of nitrogens with zero attached hydrogens (tertiary/aromatic N) is 1. The lowest BCUT2D eigenvalue weighted by Gasteiger charge is -2.41. The van der Waals surface area contributed by atoms with E-state index in [1.165, 1.54) is 0 Å². The predicted molar refractivity (Wildman–Crippen MR) is 107 cm³/mol. The van der Waals surface area contributed by atoms with Gasteiger partial charge in [-0.3, -0.25) is 9.59 Å². The van der Waals surface area contributed by atoms with Crippen LogP contribution >= 0.6 is 0 Å². The standard InChI is InChI=1S/C22H30N2O5/c1-27-17-9-3-14(4-10-17)20-21(29-13-19(25)24(20)16-7-8-16)22(26)23-15-5-11-18(28-2)12-6-15/h3-4,9-10,15-16,18,20-21H,5-8,11-13H2,1-2H3,(H,23,26)/t15?,18?,20-,21+/m1/s1. The Labute approximate surface area is 171 Å². The topological polar surface area (TPSA) is 77.1 Å². The molecule has 0 aromatic heterocycles. The first-order chi connectivity index (χ1) is 14.1. The molecule has 1 N–H and O–H groups in total. The minimum absolute atomic E-state index is 0.0435. The van der Waals surface area contributed by atoms with Crippen LogP contribution in [0, 0.1) is 0 Å². The molecule has 1 aliphatic heterocycles. The molecule has 0 bridgehead atoms. The van der Waals surface area contributed by atoms with E-state index in [9.17, 15) is 9.59 Å². The Hall–Kier alpha value is -2.12. The Balaban J connectivity index is 1.52. The van der Waals surface area contributed by atoms with Crippen molar-refractivity contribution in [2.24, 2.45) is 0 Å². The third-order valence-electron chi connectivity index (χ3n) is 6.27. The fourth-order valence-electron chi connectivity index (χ4n) is 4.49. The van der Waals surface area contributed by atoms with Crippen LogP contribution in [0.25, 0.3) is 0 Å². The smallest absolute Gasteiger partial charge is 0.251 e. The summed E-state index contributed by atoms with van der Waals surface area (Å²) >= 11 is 0. The highest BCUT2D eigenvalue weighted by Gasteiger charge is 2.47. The molecule has 1 aromatic rings. The van der Waals surface area contributed by atoms with Crippen LogP contribution < -0.4 is 10.1 Å². The zero-order chi connectivity index (χ0) is 20.4. The molecule has 2 saturated carbocycles. The molecule has 1 heterocycles. The van der Waals surface area contributed by atoms with E-state index in [-0.39, 0.29) is 36.6 Å². The number of carbonyl (C=O) groups is 2. The first-order valence-electron chi connectivity index (χ1n) is 10.5. The van der Waals surface area contributed by atoms with Crippen molar-refractivity contribution in [3.63, 3.8) is 0 Å². The fraction of sp³-hybridized carbons (Fsp3) is 0.636. The first kappa shape index (κ1) is 20.2. The molecule has 2 aliphatic carbocycles.